The molecular formula is C28H40O3. The van der Waals surface area contributed by atoms with Crippen molar-refractivity contribution < 1.29 is 14.3 Å². The third-order valence-corrected chi connectivity index (χ3v) is 6.47. The van der Waals surface area contributed by atoms with Gasteiger partial charge < -0.3 is 9.47 Å². The van der Waals surface area contributed by atoms with E-state index < -0.39 is 0 Å². The average molecular weight is 425 g/mol. The van der Waals surface area contributed by atoms with Gasteiger partial charge in [-0.25, -0.2) is 0 Å². The van der Waals surface area contributed by atoms with Crippen LogP contribution in [0.25, 0.3) is 0 Å². The lowest BCUT2D eigenvalue weighted by atomic mass is 9.81. The second-order valence-electron chi connectivity index (χ2n) is 9.30. The molecule has 1 aromatic rings. The van der Waals surface area contributed by atoms with Crippen molar-refractivity contribution in [2.24, 2.45) is 23.7 Å². The fraction of sp³-hybridized carbons (Fsp3) is 0.536. The molecule has 1 aliphatic carbocycles. The first kappa shape index (κ1) is 25.1. The average Bonchev–Trinajstić information content (AvgIpc) is 2.97. The molecule has 1 fully saturated rings. The summed E-state index contributed by atoms with van der Waals surface area (Å²) in [6, 6.07) is 7.92. The number of rotatable bonds is 11. The normalized spacial score (nSPS) is 23.7. The molecule has 2 rings (SSSR count). The molecule has 3 heteroatoms. The molecule has 0 N–H and O–H groups in total. The zero-order valence-electron chi connectivity index (χ0n) is 20.2. The maximum atomic E-state index is 13.1. The Kier molecular flexibility index (Phi) is 9.77. The summed E-state index contributed by atoms with van der Waals surface area (Å²) in [6.45, 7) is 15.9. The van der Waals surface area contributed by atoms with Crippen LogP contribution >= 0.6 is 0 Å². The van der Waals surface area contributed by atoms with Gasteiger partial charge in [-0.3, -0.25) is 4.79 Å². The number of carbonyl (C=O) groups is 1. The van der Waals surface area contributed by atoms with Crippen LogP contribution in [0.5, 0.6) is 5.75 Å². The van der Waals surface area contributed by atoms with Crippen LogP contribution < -0.4 is 4.74 Å². The van der Waals surface area contributed by atoms with Gasteiger partial charge in [0.2, 0.25) is 0 Å². The minimum absolute atomic E-state index is 0.00180. The van der Waals surface area contributed by atoms with Crippen LogP contribution in [0.15, 0.2) is 59.7 Å². The fourth-order valence-corrected chi connectivity index (χ4v) is 4.61. The molecule has 2 unspecified atom stereocenters. The summed E-state index contributed by atoms with van der Waals surface area (Å²) in [5, 5.41) is 0. The number of benzene rings is 1. The molecule has 1 aromatic carbocycles. The predicted molar refractivity (Wildman–Crippen MR) is 129 cm³/mol. The molecule has 0 aliphatic heterocycles. The molecular weight excluding hydrogens is 384 g/mol. The number of Topliss-reactive ketones (excluding diaryl/α,β-unsaturated/α-hetero) is 1. The topological polar surface area (TPSA) is 35.5 Å². The standard InChI is InChI=1S/C28H40O3/c1-19(2)9-8-10-21(5)11-16-25-27(20(3)4)26(22(6)28(25)29)18-31-17-23-12-14-24(30-7)15-13-23/h9,11-15,22,25-27H,3,8,10,16-18H2,1-2,4-7H3/b21-11+/t22?,25?,26-,27+/m1/s1. The molecule has 1 aliphatic rings. The Morgan fingerprint density at radius 2 is 1.77 bits per heavy atom. The lowest BCUT2D eigenvalue weighted by molar-refractivity contribution is -0.124. The molecule has 0 aromatic heterocycles. The van der Waals surface area contributed by atoms with Crippen molar-refractivity contribution in [2.75, 3.05) is 13.7 Å². The van der Waals surface area contributed by atoms with Gasteiger partial charge >= 0.3 is 0 Å². The number of carbonyl (C=O) groups excluding carboxylic acids is 1. The Hall–Kier alpha value is -2.13. The van der Waals surface area contributed by atoms with E-state index in [9.17, 15) is 4.79 Å². The van der Waals surface area contributed by atoms with Crippen molar-refractivity contribution in [1.29, 1.82) is 0 Å². The molecule has 0 saturated heterocycles. The zero-order chi connectivity index (χ0) is 23.0. The van der Waals surface area contributed by atoms with E-state index in [1.807, 2.05) is 24.3 Å². The zero-order valence-corrected chi connectivity index (χ0v) is 20.2. The molecule has 4 atom stereocenters. The van der Waals surface area contributed by atoms with Crippen molar-refractivity contribution in [1.82, 2.24) is 0 Å². The number of methoxy groups -OCH3 is 1. The van der Waals surface area contributed by atoms with E-state index in [-0.39, 0.29) is 23.7 Å². The number of ether oxygens (including phenoxy) is 2. The Bertz CT molecular complexity index is 796. The van der Waals surface area contributed by atoms with Crippen LogP contribution in [-0.4, -0.2) is 19.5 Å². The highest BCUT2D eigenvalue weighted by Crippen LogP contribution is 2.44. The van der Waals surface area contributed by atoms with Gasteiger partial charge in [0.15, 0.2) is 0 Å². The van der Waals surface area contributed by atoms with Crippen molar-refractivity contribution in [2.45, 2.75) is 60.5 Å². The first-order valence-corrected chi connectivity index (χ1v) is 11.4. The third-order valence-electron chi connectivity index (χ3n) is 6.47. The van der Waals surface area contributed by atoms with Gasteiger partial charge in [-0.1, -0.05) is 54.5 Å². The number of ketones is 1. The third kappa shape index (κ3) is 7.21. The highest BCUT2D eigenvalue weighted by Gasteiger charge is 2.47. The summed E-state index contributed by atoms with van der Waals surface area (Å²) in [4.78, 5) is 13.1. The maximum Gasteiger partial charge on any atom is 0.140 e. The second kappa shape index (κ2) is 12.0. The summed E-state index contributed by atoms with van der Waals surface area (Å²) in [5.41, 5.74) is 4.91. The van der Waals surface area contributed by atoms with Crippen LogP contribution in [0.3, 0.4) is 0 Å². The van der Waals surface area contributed by atoms with Crippen molar-refractivity contribution in [3.63, 3.8) is 0 Å². The molecule has 0 heterocycles. The Labute approximate surface area is 189 Å². The Balaban J connectivity index is 1.99. The first-order chi connectivity index (χ1) is 14.7. The second-order valence-corrected chi connectivity index (χ2v) is 9.30. The number of allylic oxidation sites excluding steroid dienone is 5. The summed E-state index contributed by atoms with van der Waals surface area (Å²) in [5.74, 6) is 1.59. The van der Waals surface area contributed by atoms with Gasteiger partial charge in [0, 0.05) is 11.8 Å². The van der Waals surface area contributed by atoms with Crippen LogP contribution in [0.2, 0.25) is 0 Å². The van der Waals surface area contributed by atoms with Gasteiger partial charge in [-0.15, -0.1) is 0 Å². The van der Waals surface area contributed by atoms with Crippen LogP contribution in [0.1, 0.15) is 59.4 Å². The smallest absolute Gasteiger partial charge is 0.140 e. The van der Waals surface area contributed by atoms with E-state index in [2.05, 4.69) is 53.3 Å². The van der Waals surface area contributed by atoms with E-state index in [1.165, 1.54) is 11.1 Å². The fourth-order valence-electron chi connectivity index (χ4n) is 4.61. The van der Waals surface area contributed by atoms with E-state index in [0.29, 0.717) is 19.0 Å². The molecule has 31 heavy (non-hydrogen) atoms. The molecule has 3 nitrogen and oxygen atoms in total. The quantitative estimate of drug-likeness (QED) is 0.361. The molecule has 0 spiro atoms. The summed E-state index contributed by atoms with van der Waals surface area (Å²) >= 11 is 0. The number of hydrogen-bond donors (Lipinski definition) is 0. The van der Waals surface area contributed by atoms with Crippen molar-refractivity contribution in [3.05, 3.63) is 65.3 Å². The van der Waals surface area contributed by atoms with Gasteiger partial charge in [-0.2, -0.15) is 0 Å². The highest BCUT2D eigenvalue weighted by atomic mass is 16.5. The van der Waals surface area contributed by atoms with Gasteiger partial charge in [0.05, 0.1) is 20.3 Å². The molecule has 1 saturated carbocycles. The van der Waals surface area contributed by atoms with Crippen molar-refractivity contribution in [3.8, 4) is 5.75 Å². The van der Waals surface area contributed by atoms with E-state index >= 15 is 0 Å². The lowest BCUT2D eigenvalue weighted by Gasteiger charge is -2.25. The van der Waals surface area contributed by atoms with E-state index in [4.69, 9.17) is 9.47 Å². The van der Waals surface area contributed by atoms with Gasteiger partial charge in [-0.05, 0) is 76.5 Å². The van der Waals surface area contributed by atoms with Crippen molar-refractivity contribution >= 4 is 5.78 Å². The monoisotopic (exact) mass is 424 g/mol. The largest absolute Gasteiger partial charge is 0.497 e. The Morgan fingerprint density at radius 3 is 2.35 bits per heavy atom. The lowest BCUT2D eigenvalue weighted by Crippen LogP contribution is -2.22. The Morgan fingerprint density at radius 1 is 1.10 bits per heavy atom. The predicted octanol–water partition coefficient (Wildman–Crippen LogP) is 6.94. The SMILES string of the molecule is C=C(C)[C@H]1C(C/C=C(\C)CCC=C(C)C)C(=O)C(C)[C@H]1COCc1ccc(OC)cc1. The molecule has 0 radical (unpaired) electrons. The van der Waals surface area contributed by atoms with E-state index in [1.54, 1.807) is 7.11 Å². The number of hydrogen-bond acceptors (Lipinski definition) is 3. The molecule has 170 valence electrons. The van der Waals surface area contributed by atoms with Crippen LogP contribution in [0.4, 0.5) is 0 Å². The van der Waals surface area contributed by atoms with E-state index in [0.717, 1.165) is 36.1 Å². The molecule has 0 amide bonds. The summed E-state index contributed by atoms with van der Waals surface area (Å²) in [7, 11) is 1.66. The summed E-state index contributed by atoms with van der Waals surface area (Å²) in [6.07, 6.45) is 7.45. The summed E-state index contributed by atoms with van der Waals surface area (Å²) < 4.78 is 11.3. The molecule has 0 bridgehead atoms. The minimum atomic E-state index is 0.00180. The van der Waals surface area contributed by atoms with Crippen LogP contribution in [-0.2, 0) is 16.1 Å². The van der Waals surface area contributed by atoms with Crippen LogP contribution in [0, 0.1) is 23.7 Å². The first-order valence-electron chi connectivity index (χ1n) is 11.4. The highest BCUT2D eigenvalue weighted by molar-refractivity contribution is 5.86. The van der Waals surface area contributed by atoms with Gasteiger partial charge in [0.1, 0.15) is 11.5 Å². The maximum absolute atomic E-state index is 13.1. The van der Waals surface area contributed by atoms with Gasteiger partial charge in [0.25, 0.3) is 0 Å². The minimum Gasteiger partial charge on any atom is -0.497 e.